The van der Waals surface area contributed by atoms with Gasteiger partial charge in [-0.2, -0.15) is 0 Å². The van der Waals surface area contributed by atoms with E-state index in [1.807, 2.05) is 42.5 Å². The van der Waals surface area contributed by atoms with Gasteiger partial charge in [0.25, 0.3) is 5.69 Å². The third kappa shape index (κ3) is 5.31. The zero-order valence-corrected chi connectivity index (χ0v) is 18.0. The van der Waals surface area contributed by atoms with Crippen LogP contribution in [0.5, 0.6) is 5.75 Å². The van der Waals surface area contributed by atoms with Crippen molar-refractivity contribution in [2.45, 2.75) is 0 Å². The molecule has 4 aromatic rings. The van der Waals surface area contributed by atoms with Gasteiger partial charge < -0.3 is 4.74 Å². The first kappa shape index (κ1) is 22.4. The van der Waals surface area contributed by atoms with E-state index in [1.165, 1.54) is 30.3 Å². The number of nitrogens with zero attached hydrogens (tertiary/aromatic N) is 1. The molecule has 0 aromatic heterocycles. The Bertz CT molecular complexity index is 1360. The number of esters is 1. The molecular weight excluding hydrogens is 430 g/mol. The molecule has 4 rings (SSSR count). The third-order valence-electron chi connectivity index (χ3n) is 5.13. The smallest absolute Gasteiger partial charge is 0.343 e. The number of ether oxygens (including phenoxy) is 1. The van der Waals surface area contributed by atoms with E-state index in [9.17, 15) is 19.7 Å². The van der Waals surface area contributed by atoms with Gasteiger partial charge >= 0.3 is 5.97 Å². The molecule has 34 heavy (non-hydrogen) atoms. The quantitative estimate of drug-likeness (QED) is 0.0816. The summed E-state index contributed by atoms with van der Waals surface area (Å²) in [6.07, 6.45) is 3.02. The molecule has 0 saturated carbocycles. The summed E-state index contributed by atoms with van der Waals surface area (Å²) >= 11 is 0. The van der Waals surface area contributed by atoms with Crippen molar-refractivity contribution in [3.63, 3.8) is 0 Å². The fourth-order valence-electron chi connectivity index (χ4n) is 3.31. The van der Waals surface area contributed by atoms with Gasteiger partial charge in [0.1, 0.15) is 5.75 Å². The van der Waals surface area contributed by atoms with Crippen molar-refractivity contribution in [2.24, 2.45) is 0 Å². The summed E-state index contributed by atoms with van der Waals surface area (Å²) in [5.74, 6) is -0.566. The lowest BCUT2D eigenvalue weighted by Gasteiger charge is -2.07. The van der Waals surface area contributed by atoms with Crippen molar-refractivity contribution < 1.29 is 19.2 Å². The van der Waals surface area contributed by atoms with Gasteiger partial charge in [-0.1, -0.05) is 72.8 Å². The number of para-hydroxylation sites is 1. The Hall–Kier alpha value is -4.84. The van der Waals surface area contributed by atoms with Gasteiger partial charge in [-0.3, -0.25) is 14.9 Å². The predicted octanol–water partition coefficient (Wildman–Crippen LogP) is 6.38. The molecule has 0 atom stereocenters. The molecule has 0 fully saturated rings. The summed E-state index contributed by atoms with van der Waals surface area (Å²) in [5.41, 5.74) is 3.24. The Balaban J connectivity index is 1.47. The number of nitro benzene ring substituents is 1. The molecule has 0 aliphatic carbocycles. The second kappa shape index (κ2) is 10.2. The Morgan fingerprint density at radius 3 is 1.97 bits per heavy atom. The number of allylic oxidation sites excluding steroid dienone is 1. The lowest BCUT2D eigenvalue weighted by molar-refractivity contribution is -0.384. The van der Waals surface area contributed by atoms with Crippen LogP contribution in [0.25, 0.3) is 17.2 Å². The Labute approximate surface area is 195 Å². The van der Waals surface area contributed by atoms with Gasteiger partial charge in [0.15, 0.2) is 5.78 Å². The van der Waals surface area contributed by atoms with E-state index >= 15 is 0 Å². The van der Waals surface area contributed by atoms with Crippen LogP contribution in [-0.2, 0) is 0 Å². The van der Waals surface area contributed by atoms with Crippen LogP contribution in [0.4, 0.5) is 5.69 Å². The van der Waals surface area contributed by atoms with Gasteiger partial charge in [0, 0.05) is 23.3 Å². The number of carbonyl (C=O) groups excluding carboxylic acids is 2. The number of carbonyl (C=O) groups is 2. The average molecular weight is 449 g/mol. The SMILES string of the molecule is O=C(C=Cc1ccccc1OC(=O)c1ccc([N+](=O)[O-])cc1)c1ccc(-c2ccccc2)cc1. The molecule has 0 aliphatic heterocycles. The fraction of sp³-hybridized carbons (Fsp3) is 0. The Morgan fingerprint density at radius 2 is 1.29 bits per heavy atom. The monoisotopic (exact) mass is 449 g/mol. The van der Waals surface area contributed by atoms with Crippen LogP contribution in [-0.4, -0.2) is 16.7 Å². The lowest BCUT2D eigenvalue weighted by Crippen LogP contribution is -2.09. The summed E-state index contributed by atoms with van der Waals surface area (Å²) < 4.78 is 5.46. The highest BCUT2D eigenvalue weighted by molar-refractivity contribution is 6.07. The van der Waals surface area contributed by atoms with Crippen LogP contribution >= 0.6 is 0 Å². The van der Waals surface area contributed by atoms with E-state index in [-0.39, 0.29) is 22.8 Å². The first-order valence-corrected chi connectivity index (χ1v) is 10.4. The van der Waals surface area contributed by atoms with Crippen LogP contribution in [0.1, 0.15) is 26.3 Å². The number of rotatable bonds is 7. The maximum atomic E-state index is 12.7. The van der Waals surface area contributed by atoms with E-state index in [0.717, 1.165) is 11.1 Å². The van der Waals surface area contributed by atoms with E-state index in [2.05, 4.69) is 0 Å². The molecule has 4 aromatic carbocycles. The summed E-state index contributed by atoms with van der Waals surface area (Å²) in [6, 6.07) is 29.2. The second-order valence-electron chi connectivity index (χ2n) is 7.37. The Morgan fingerprint density at radius 1 is 0.706 bits per heavy atom. The summed E-state index contributed by atoms with van der Waals surface area (Å²) in [5, 5.41) is 10.8. The fourth-order valence-corrected chi connectivity index (χ4v) is 3.31. The second-order valence-corrected chi connectivity index (χ2v) is 7.37. The standard InChI is InChI=1S/C28H19NO5/c30-26(22-12-10-21(11-13-22)20-6-2-1-3-7-20)19-16-23-8-4-5-9-27(23)34-28(31)24-14-17-25(18-15-24)29(32)33/h1-19H. The highest BCUT2D eigenvalue weighted by Gasteiger charge is 2.13. The number of ketones is 1. The highest BCUT2D eigenvalue weighted by Crippen LogP contribution is 2.23. The van der Waals surface area contributed by atoms with Crippen LogP contribution in [0.2, 0.25) is 0 Å². The number of nitro groups is 1. The number of benzene rings is 4. The molecule has 0 radical (unpaired) electrons. The average Bonchev–Trinajstić information content (AvgIpc) is 2.88. The molecule has 6 nitrogen and oxygen atoms in total. The van der Waals surface area contributed by atoms with Crippen LogP contribution in [0.15, 0.2) is 109 Å². The maximum Gasteiger partial charge on any atom is 0.343 e. The molecular formula is C28H19NO5. The Kier molecular flexibility index (Phi) is 6.70. The predicted molar refractivity (Wildman–Crippen MR) is 130 cm³/mol. The summed E-state index contributed by atoms with van der Waals surface area (Å²) in [7, 11) is 0. The number of hydrogen-bond donors (Lipinski definition) is 0. The zero-order valence-electron chi connectivity index (χ0n) is 18.0. The van der Waals surface area contributed by atoms with Gasteiger partial charge in [-0.15, -0.1) is 0 Å². The first-order valence-electron chi connectivity index (χ1n) is 10.4. The molecule has 0 heterocycles. The van der Waals surface area contributed by atoms with Crippen LogP contribution < -0.4 is 4.74 Å². The van der Waals surface area contributed by atoms with Crippen molar-refractivity contribution >= 4 is 23.5 Å². The van der Waals surface area contributed by atoms with Gasteiger partial charge in [0.05, 0.1) is 10.5 Å². The number of hydrogen-bond acceptors (Lipinski definition) is 5. The molecule has 0 amide bonds. The minimum Gasteiger partial charge on any atom is -0.422 e. The van der Waals surface area contributed by atoms with Gasteiger partial charge in [0.2, 0.25) is 0 Å². The molecule has 0 bridgehead atoms. The molecule has 0 spiro atoms. The molecule has 0 unspecified atom stereocenters. The molecule has 0 saturated heterocycles. The third-order valence-corrected chi connectivity index (χ3v) is 5.13. The van der Waals surface area contributed by atoms with Gasteiger partial charge in [-0.25, -0.2) is 4.79 Å². The van der Waals surface area contributed by atoms with E-state index < -0.39 is 10.9 Å². The van der Waals surface area contributed by atoms with Crippen molar-refractivity contribution in [1.29, 1.82) is 0 Å². The molecule has 6 heteroatoms. The van der Waals surface area contributed by atoms with Crippen molar-refractivity contribution in [3.8, 4) is 16.9 Å². The first-order chi connectivity index (χ1) is 16.5. The van der Waals surface area contributed by atoms with Crippen LogP contribution in [0.3, 0.4) is 0 Å². The summed E-state index contributed by atoms with van der Waals surface area (Å²) in [4.78, 5) is 35.4. The van der Waals surface area contributed by atoms with Crippen molar-refractivity contribution in [3.05, 3.63) is 136 Å². The van der Waals surface area contributed by atoms with E-state index in [1.54, 1.807) is 42.5 Å². The highest BCUT2D eigenvalue weighted by atomic mass is 16.6. The minimum absolute atomic E-state index is 0.116. The largest absolute Gasteiger partial charge is 0.422 e. The normalized spacial score (nSPS) is 10.7. The van der Waals surface area contributed by atoms with Crippen molar-refractivity contribution in [2.75, 3.05) is 0 Å². The van der Waals surface area contributed by atoms with E-state index in [0.29, 0.717) is 11.1 Å². The maximum absolute atomic E-state index is 12.7. The van der Waals surface area contributed by atoms with Crippen LogP contribution in [0, 0.1) is 10.1 Å². The molecule has 0 aliphatic rings. The lowest BCUT2D eigenvalue weighted by atomic mass is 10.0. The molecule has 0 N–H and O–H groups in total. The topological polar surface area (TPSA) is 86.5 Å². The molecule has 166 valence electrons. The zero-order chi connectivity index (χ0) is 23.9. The minimum atomic E-state index is -0.654. The van der Waals surface area contributed by atoms with E-state index in [4.69, 9.17) is 4.74 Å². The summed E-state index contributed by atoms with van der Waals surface area (Å²) in [6.45, 7) is 0. The van der Waals surface area contributed by atoms with Crippen molar-refractivity contribution in [1.82, 2.24) is 0 Å². The number of non-ortho nitro benzene ring substituents is 1. The van der Waals surface area contributed by atoms with Gasteiger partial charge in [-0.05, 0) is 41.5 Å².